The number of tetrazole rings is 1. The molecule has 1 aliphatic rings. The third-order valence-electron chi connectivity index (χ3n) is 12.7. The molecule has 2 heterocycles. The molecule has 1 amide bonds. The first-order valence-electron chi connectivity index (χ1n) is 23.7. The Morgan fingerprint density at radius 2 is 1.33 bits per heavy atom. The number of carbonyl (C=O) groups is 2. The molecule has 73 heavy (non-hydrogen) atoms. The first-order chi connectivity index (χ1) is 34.2. The summed E-state index contributed by atoms with van der Waals surface area (Å²) >= 11 is 0. The summed E-state index contributed by atoms with van der Waals surface area (Å²) in [6.07, 6.45) is -1.45. The van der Waals surface area contributed by atoms with Crippen LogP contribution in [0.5, 0.6) is 17.2 Å². The molecule has 2 atom stereocenters. The molecule has 20 nitrogen and oxygen atoms in total. The number of amides is 1. The Balaban J connectivity index is 1.57. The largest absolute Gasteiger partial charge is 0.497 e. The van der Waals surface area contributed by atoms with E-state index in [9.17, 15) is 14.7 Å². The number of ether oxygens (including phenoxy) is 4. The number of alkyl carbamates (subject to hydrolysis) is 1. The Morgan fingerprint density at radius 1 is 0.795 bits per heavy atom. The van der Waals surface area contributed by atoms with Crippen LogP contribution in [0.25, 0.3) is 11.4 Å². The molecule has 5 aromatic rings. The van der Waals surface area contributed by atoms with Crippen molar-refractivity contribution in [2.45, 2.75) is 107 Å². The van der Waals surface area contributed by atoms with E-state index >= 15 is 16.8 Å². The maximum absolute atomic E-state index is 16.2. The number of sulfonamides is 2. The molecule has 1 aliphatic heterocycles. The molecule has 4 aromatic carbocycles. The lowest BCUT2D eigenvalue weighted by atomic mass is 10.1. The highest BCUT2D eigenvalue weighted by molar-refractivity contribution is 7.92. The van der Waals surface area contributed by atoms with Gasteiger partial charge in [-0.25, -0.2) is 26.4 Å². The summed E-state index contributed by atoms with van der Waals surface area (Å²) in [7, 11) is -7.95. The third-order valence-corrected chi connectivity index (χ3v) is 20.7. The van der Waals surface area contributed by atoms with Crippen LogP contribution in [-0.4, -0.2) is 126 Å². The fourth-order valence-corrected chi connectivity index (χ4v) is 12.6. The lowest BCUT2D eigenvalue weighted by Gasteiger charge is -2.39. The van der Waals surface area contributed by atoms with Crippen molar-refractivity contribution in [3.63, 3.8) is 0 Å². The number of hydrogen-bond donors (Lipinski definition) is 3. The van der Waals surface area contributed by atoms with Gasteiger partial charge in [0.1, 0.15) is 32.6 Å². The van der Waals surface area contributed by atoms with Gasteiger partial charge >= 0.3 is 12.1 Å². The van der Waals surface area contributed by atoms with Crippen LogP contribution >= 0.6 is 0 Å². The van der Waals surface area contributed by atoms with Gasteiger partial charge in [0.25, 0.3) is 0 Å². The molecule has 0 spiro atoms. The van der Waals surface area contributed by atoms with Crippen molar-refractivity contribution in [2.24, 2.45) is 5.92 Å². The monoisotopic (exact) mass is 1060 g/mol. The lowest BCUT2D eigenvalue weighted by molar-refractivity contribution is -0.140. The van der Waals surface area contributed by atoms with Gasteiger partial charge in [0, 0.05) is 45.0 Å². The number of methoxy groups -OCH3 is 3. The van der Waals surface area contributed by atoms with Crippen molar-refractivity contribution >= 4 is 46.1 Å². The van der Waals surface area contributed by atoms with E-state index in [-0.39, 0.29) is 67.8 Å². The van der Waals surface area contributed by atoms with Gasteiger partial charge in [-0.05, 0) is 116 Å². The minimum absolute atomic E-state index is 0.0231. The fraction of sp³-hybridized carbons (Fsp3) is 0.460. The number of nitrogens with zero attached hydrogens (tertiary/aromatic N) is 6. The second-order valence-electron chi connectivity index (χ2n) is 20.3. The van der Waals surface area contributed by atoms with Crippen molar-refractivity contribution < 1.29 is 54.9 Å². The van der Waals surface area contributed by atoms with Crippen molar-refractivity contribution in [3.8, 4) is 28.6 Å². The second kappa shape index (κ2) is 23.0. The van der Waals surface area contributed by atoms with E-state index in [4.69, 9.17) is 28.5 Å². The van der Waals surface area contributed by atoms with Crippen molar-refractivity contribution in [1.29, 1.82) is 0 Å². The number of aliphatic carboxylic acids is 1. The highest BCUT2D eigenvalue weighted by atomic mass is 32.2. The number of carboxylic acid groups (broad SMARTS) is 1. The normalized spacial score (nSPS) is 15.0. The predicted octanol–water partition coefficient (Wildman–Crippen LogP) is 6.91. The lowest BCUT2D eigenvalue weighted by Crippen LogP contribution is -2.51. The maximum atomic E-state index is 16.2. The quantitative estimate of drug-likeness (QED) is 0.0597. The summed E-state index contributed by atoms with van der Waals surface area (Å²) in [5.74, 6) is -0.385. The van der Waals surface area contributed by atoms with E-state index in [0.29, 0.717) is 28.4 Å². The number of hydrogen-bond acceptors (Lipinski definition) is 15. The SMILES string of the molecule is COc1ccc(CN(Cc2ccc(OC)cc2)S(=O)(=O)c2c(S(=O)(=O)NC[C@@H](CNC(=O)OC(C)(C)C)O[Si](C)(C)C(C)(C)C)ccc(N3CCC(C(=O)O)C3)c2-c2nnn(Cc3ccc(OC)cc3)n2)cc1. The predicted molar refractivity (Wildman–Crippen MR) is 277 cm³/mol. The molecule has 3 N–H and O–H groups in total. The van der Waals surface area contributed by atoms with Gasteiger partial charge in [0.2, 0.25) is 25.9 Å². The third kappa shape index (κ3) is 14.4. The highest BCUT2D eigenvalue weighted by Crippen LogP contribution is 2.43. The van der Waals surface area contributed by atoms with Gasteiger partial charge in [0.15, 0.2) is 8.32 Å². The van der Waals surface area contributed by atoms with Crippen LogP contribution in [-0.2, 0) is 53.6 Å². The standard InChI is InChI=1S/C50H68N8O12S2Si/c1-49(2,3)69-48(61)51-28-41(70-73(10,11)50(4,5)6)29-52-71(62,63)43-25-24-42(56-27-26-37(33-56)47(59)60)44(46-53-55-58(54-46)32-36-16-22-40(68-9)23-17-36)45(43)72(64,65)57(30-34-12-18-38(66-7)19-13-34)31-35-14-20-39(67-8)21-15-35/h12-25,37,41,52H,26-33H2,1-11H3,(H,51,61)(H,59,60)/t37?,41-/m1/s1. The van der Waals surface area contributed by atoms with Crippen LogP contribution in [0.1, 0.15) is 64.7 Å². The van der Waals surface area contributed by atoms with Gasteiger partial charge < -0.3 is 38.7 Å². The van der Waals surface area contributed by atoms with Crippen molar-refractivity contribution in [1.82, 2.24) is 34.6 Å². The zero-order chi connectivity index (χ0) is 53.5. The summed E-state index contributed by atoms with van der Waals surface area (Å²) < 4.78 is 95.0. The number of benzene rings is 4. The number of carboxylic acids is 1. The zero-order valence-corrected chi connectivity index (χ0v) is 46.0. The Morgan fingerprint density at radius 3 is 1.81 bits per heavy atom. The smallest absolute Gasteiger partial charge is 0.407 e. The summed E-state index contributed by atoms with van der Waals surface area (Å²) in [6.45, 7) is 14.4. The Bertz CT molecular complexity index is 2880. The average molecular weight is 1070 g/mol. The average Bonchev–Trinajstić information content (AvgIpc) is 4.02. The topological polar surface area (TPSA) is 243 Å². The number of rotatable bonds is 22. The first kappa shape index (κ1) is 56.2. The molecule has 396 valence electrons. The number of aromatic nitrogens is 4. The van der Waals surface area contributed by atoms with Crippen LogP contribution in [0.3, 0.4) is 0 Å². The summed E-state index contributed by atoms with van der Waals surface area (Å²) in [5, 5.41) is 25.9. The number of anilines is 1. The Hall–Kier alpha value is -6.11. The van der Waals surface area contributed by atoms with Crippen molar-refractivity contribution in [3.05, 3.63) is 102 Å². The van der Waals surface area contributed by atoms with E-state index in [2.05, 4.69) is 20.4 Å². The molecule has 0 aliphatic carbocycles. The molecule has 0 saturated carbocycles. The van der Waals surface area contributed by atoms with Crippen LogP contribution in [0.15, 0.2) is 94.7 Å². The first-order valence-corrected chi connectivity index (χ1v) is 29.5. The molecular weight excluding hydrogens is 997 g/mol. The molecule has 1 saturated heterocycles. The van der Waals surface area contributed by atoms with Gasteiger partial charge in [-0.15, -0.1) is 10.2 Å². The number of carbonyl (C=O) groups excluding carboxylic acids is 1. The van der Waals surface area contributed by atoms with Crippen LogP contribution < -0.4 is 29.1 Å². The van der Waals surface area contributed by atoms with E-state index in [0.717, 1.165) is 9.87 Å². The van der Waals surface area contributed by atoms with E-state index in [1.807, 2.05) is 33.9 Å². The summed E-state index contributed by atoms with van der Waals surface area (Å²) in [6, 6.07) is 23.4. The van der Waals surface area contributed by atoms with E-state index in [1.165, 1.54) is 31.1 Å². The van der Waals surface area contributed by atoms with Gasteiger partial charge in [-0.1, -0.05) is 57.2 Å². The number of nitrogens with one attached hydrogen (secondary N) is 2. The van der Waals surface area contributed by atoms with Crippen LogP contribution in [0.2, 0.25) is 18.1 Å². The van der Waals surface area contributed by atoms with Gasteiger partial charge in [-0.2, -0.15) is 9.10 Å². The van der Waals surface area contributed by atoms with Gasteiger partial charge in [-0.3, -0.25) is 4.79 Å². The molecule has 1 unspecified atom stereocenters. The highest BCUT2D eigenvalue weighted by Gasteiger charge is 2.42. The fourth-order valence-electron chi connectivity index (χ4n) is 7.75. The molecule has 23 heteroatoms. The van der Waals surface area contributed by atoms with Gasteiger partial charge in [0.05, 0.1) is 45.5 Å². The molecule has 1 fully saturated rings. The molecule has 0 radical (unpaired) electrons. The summed E-state index contributed by atoms with van der Waals surface area (Å²) in [5.41, 5.74) is 1.01. The minimum atomic E-state index is -5.01. The Labute approximate surface area is 429 Å². The van der Waals surface area contributed by atoms with Crippen molar-refractivity contribution in [2.75, 3.05) is 52.4 Å². The van der Waals surface area contributed by atoms with Crippen LogP contribution in [0.4, 0.5) is 10.5 Å². The molecule has 0 bridgehead atoms. The van der Waals surface area contributed by atoms with Crippen LogP contribution in [0, 0.1) is 5.92 Å². The molecule has 6 rings (SSSR count). The van der Waals surface area contributed by atoms with E-state index < -0.39 is 74.4 Å². The minimum Gasteiger partial charge on any atom is -0.497 e. The Kier molecular flexibility index (Phi) is 17.7. The summed E-state index contributed by atoms with van der Waals surface area (Å²) in [4.78, 5) is 26.9. The van der Waals surface area contributed by atoms with E-state index in [1.54, 1.807) is 106 Å². The maximum Gasteiger partial charge on any atom is 0.407 e. The molecular formula is C50H68N8O12S2Si. The molecule has 1 aromatic heterocycles. The zero-order valence-electron chi connectivity index (χ0n) is 43.3. The second-order valence-corrected chi connectivity index (χ2v) is 28.6.